The first-order valence-corrected chi connectivity index (χ1v) is 9.55. The number of rotatable bonds is 6. The number of benzene rings is 1. The molecule has 0 saturated carbocycles. The number of carbonyl (C=O) groups excluding carboxylic acids is 1. The van der Waals surface area contributed by atoms with E-state index < -0.39 is 0 Å². The monoisotopic (exact) mass is 407 g/mol. The predicted molar refractivity (Wildman–Crippen MR) is 105 cm³/mol. The van der Waals surface area contributed by atoms with Crippen molar-refractivity contribution < 1.29 is 4.79 Å². The molecule has 2 aromatic heterocycles. The summed E-state index contributed by atoms with van der Waals surface area (Å²) in [7, 11) is 0. The van der Waals surface area contributed by atoms with Gasteiger partial charge in [0.25, 0.3) is 0 Å². The first-order chi connectivity index (χ1) is 12.6. The third kappa shape index (κ3) is 4.35. The van der Waals surface area contributed by atoms with E-state index in [9.17, 15) is 4.79 Å². The third-order valence-corrected chi connectivity index (χ3v) is 4.99. The van der Waals surface area contributed by atoms with Crippen LogP contribution < -0.4 is 5.32 Å². The number of hydrogen-bond acceptors (Lipinski definition) is 5. The van der Waals surface area contributed by atoms with E-state index in [0.29, 0.717) is 33.4 Å². The van der Waals surface area contributed by atoms with Crippen molar-refractivity contribution in [1.29, 1.82) is 0 Å². The number of carbonyl (C=O) groups is 1. The Morgan fingerprint density at radius 2 is 2.00 bits per heavy atom. The van der Waals surface area contributed by atoms with Crippen molar-refractivity contribution in [3.8, 4) is 11.4 Å². The maximum atomic E-state index is 12.1. The lowest BCUT2D eigenvalue weighted by Crippen LogP contribution is -2.15. The molecule has 3 aromatic rings. The number of pyridine rings is 1. The van der Waals surface area contributed by atoms with E-state index in [1.165, 1.54) is 18.0 Å². The SMILES string of the molecule is CCn1c(SCC(=O)Nc2ccc(Cl)cn2)nnc1-c1ccccc1Cl. The molecule has 0 bridgehead atoms. The van der Waals surface area contributed by atoms with Gasteiger partial charge in [-0.15, -0.1) is 10.2 Å². The van der Waals surface area contributed by atoms with Gasteiger partial charge < -0.3 is 9.88 Å². The van der Waals surface area contributed by atoms with Crippen molar-refractivity contribution >= 4 is 46.7 Å². The minimum atomic E-state index is -0.185. The molecular weight excluding hydrogens is 393 g/mol. The van der Waals surface area contributed by atoms with Gasteiger partial charge >= 0.3 is 0 Å². The van der Waals surface area contributed by atoms with Crippen molar-refractivity contribution in [2.24, 2.45) is 0 Å². The van der Waals surface area contributed by atoms with Crippen LogP contribution in [0.1, 0.15) is 6.92 Å². The zero-order valence-corrected chi connectivity index (χ0v) is 16.1. The molecule has 0 aliphatic rings. The average Bonchev–Trinajstić information content (AvgIpc) is 3.05. The van der Waals surface area contributed by atoms with Gasteiger partial charge in [0.2, 0.25) is 5.91 Å². The Morgan fingerprint density at radius 3 is 2.69 bits per heavy atom. The van der Waals surface area contributed by atoms with Crippen molar-refractivity contribution in [2.75, 3.05) is 11.1 Å². The van der Waals surface area contributed by atoms with Crippen LogP contribution in [0.5, 0.6) is 0 Å². The van der Waals surface area contributed by atoms with Crippen LogP contribution in [0.15, 0.2) is 47.8 Å². The molecule has 2 heterocycles. The second kappa shape index (κ2) is 8.53. The van der Waals surface area contributed by atoms with Gasteiger partial charge in [-0.1, -0.05) is 47.1 Å². The zero-order chi connectivity index (χ0) is 18.5. The summed E-state index contributed by atoms with van der Waals surface area (Å²) in [5.41, 5.74) is 0.810. The Morgan fingerprint density at radius 1 is 1.19 bits per heavy atom. The first-order valence-electron chi connectivity index (χ1n) is 7.80. The summed E-state index contributed by atoms with van der Waals surface area (Å²) < 4.78 is 1.93. The first kappa shape index (κ1) is 18.7. The highest BCUT2D eigenvalue weighted by Crippen LogP contribution is 2.29. The molecule has 0 saturated heterocycles. The van der Waals surface area contributed by atoms with Crippen LogP contribution in [0.2, 0.25) is 10.0 Å². The molecule has 0 aliphatic carbocycles. The molecule has 0 spiro atoms. The van der Waals surface area contributed by atoms with Gasteiger partial charge in [0.15, 0.2) is 11.0 Å². The lowest BCUT2D eigenvalue weighted by atomic mass is 10.2. The van der Waals surface area contributed by atoms with Crippen LogP contribution in [0.4, 0.5) is 5.82 Å². The Labute approximate surface area is 164 Å². The van der Waals surface area contributed by atoms with Gasteiger partial charge in [-0.2, -0.15) is 0 Å². The number of halogens is 2. The standard InChI is InChI=1S/C17H15Cl2N5OS/c1-2-24-16(12-5-3-4-6-13(12)19)22-23-17(24)26-10-15(25)21-14-8-7-11(18)9-20-14/h3-9H,2,10H2,1H3,(H,20,21,25). The van der Waals surface area contributed by atoms with Gasteiger partial charge in [0.1, 0.15) is 5.82 Å². The summed E-state index contributed by atoms with van der Waals surface area (Å²) in [5, 5.41) is 12.9. The molecular formula is C17H15Cl2N5OS. The molecule has 26 heavy (non-hydrogen) atoms. The van der Waals surface area contributed by atoms with E-state index in [4.69, 9.17) is 23.2 Å². The van der Waals surface area contributed by atoms with Crippen molar-refractivity contribution in [3.05, 3.63) is 52.6 Å². The van der Waals surface area contributed by atoms with Crippen molar-refractivity contribution in [1.82, 2.24) is 19.7 Å². The number of thioether (sulfide) groups is 1. The van der Waals surface area contributed by atoms with E-state index in [0.717, 1.165) is 5.56 Å². The molecule has 0 radical (unpaired) electrons. The van der Waals surface area contributed by atoms with Gasteiger partial charge in [-0.05, 0) is 31.2 Å². The molecule has 6 nitrogen and oxygen atoms in total. The van der Waals surface area contributed by atoms with Crippen molar-refractivity contribution in [2.45, 2.75) is 18.6 Å². The lowest BCUT2D eigenvalue weighted by Gasteiger charge is -2.08. The summed E-state index contributed by atoms with van der Waals surface area (Å²) in [4.78, 5) is 16.2. The quantitative estimate of drug-likeness (QED) is 0.613. The minimum Gasteiger partial charge on any atom is -0.310 e. The van der Waals surface area contributed by atoms with Crippen LogP contribution in [0.3, 0.4) is 0 Å². The van der Waals surface area contributed by atoms with E-state index >= 15 is 0 Å². The fourth-order valence-corrected chi connectivity index (χ4v) is 3.42. The summed E-state index contributed by atoms with van der Waals surface area (Å²) >= 11 is 13.3. The van der Waals surface area contributed by atoms with Crippen LogP contribution in [-0.2, 0) is 11.3 Å². The molecule has 9 heteroatoms. The fourth-order valence-electron chi connectivity index (χ4n) is 2.28. The van der Waals surface area contributed by atoms with Crippen LogP contribution in [0.25, 0.3) is 11.4 Å². The number of amides is 1. The van der Waals surface area contributed by atoms with Crippen LogP contribution >= 0.6 is 35.0 Å². The van der Waals surface area contributed by atoms with E-state index in [1.807, 2.05) is 35.8 Å². The number of nitrogens with zero attached hydrogens (tertiary/aromatic N) is 4. The second-order valence-electron chi connectivity index (χ2n) is 5.23. The highest BCUT2D eigenvalue weighted by atomic mass is 35.5. The highest BCUT2D eigenvalue weighted by Gasteiger charge is 2.16. The zero-order valence-electron chi connectivity index (χ0n) is 13.8. The van der Waals surface area contributed by atoms with E-state index in [2.05, 4.69) is 20.5 Å². The maximum absolute atomic E-state index is 12.1. The largest absolute Gasteiger partial charge is 0.310 e. The van der Waals surface area contributed by atoms with Gasteiger partial charge in [-0.25, -0.2) is 4.98 Å². The summed E-state index contributed by atoms with van der Waals surface area (Å²) in [6.45, 7) is 2.65. The fraction of sp³-hybridized carbons (Fsp3) is 0.176. The number of anilines is 1. The molecule has 1 N–H and O–H groups in total. The van der Waals surface area contributed by atoms with E-state index in [1.54, 1.807) is 12.1 Å². The Kier molecular flexibility index (Phi) is 6.13. The molecule has 0 aliphatic heterocycles. The predicted octanol–water partition coefficient (Wildman–Crippen LogP) is 4.40. The van der Waals surface area contributed by atoms with Gasteiger partial charge in [0.05, 0.1) is 15.8 Å². The molecule has 0 unspecified atom stereocenters. The Hall–Kier alpha value is -2.09. The van der Waals surface area contributed by atoms with Gasteiger partial charge in [-0.3, -0.25) is 4.79 Å². The number of hydrogen-bond donors (Lipinski definition) is 1. The normalized spacial score (nSPS) is 10.7. The lowest BCUT2D eigenvalue weighted by molar-refractivity contribution is -0.113. The molecule has 1 amide bonds. The smallest absolute Gasteiger partial charge is 0.236 e. The maximum Gasteiger partial charge on any atom is 0.236 e. The second-order valence-corrected chi connectivity index (χ2v) is 7.01. The van der Waals surface area contributed by atoms with Crippen LogP contribution in [-0.4, -0.2) is 31.4 Å². The van der Waals surface area contributed by atoms with Gasteiger partial charge in [0, 0.05) is 18.3 Å². The Bertz CT molecular complexity index is 914. The summed E-state index contributed by atoms with van der Waals surface area (Å²) in [6, 6.07) is 10.8. The Balaban J connectivity index is 1.69. The topological polar surface area (TPSA) is 72.7 Å². The molecule has 0 atom stereocenters. The molecule has 1 aromatic carbocycles. The summed E-state index contributed by atoms with van der Waals surface area (Å²) in [6.07, 6.45) is 1.48. The average molecular weight is 408 g/mol. The number of nitrogens with one attached hydrogen (secondary N) is 1. The molecule has 3 rings (SSSR count). The molecule has 0 fully saturated rings. The molecule has 134 valence electrons. The third-order valence-electron chi connectivity index (χ3n) is 3.48. The summed E-state index contributed by atoms with van der Waals surface area (Å²) in [5.74, 6) is 1.13. The number of aromatic nitrogens is 4. The van der Waals surface area contributed by atoms with Crippen molar-refractivity contribution in [3.63, 3.8) is 0 Å². The van der Waals surface area contributed by atoms with E-state index in [-0.39, 0.29) is 11.7 Å². The highest BCUT2D eigenvalue weighted by molar-refractivity contribution is 7.99. The van der Waals surface area contributed by atoms with Crippen LogP contribution in [0, 0.1) is 0 Å². The minimum absolute atomic E-state index is 0.185.